The van der Waals surface area contributed by atoms with Crippen molar-refractivity contribution in [3.05, 3.63) is 36.0 Å². The smallest absolute Gasteiger partial charge is 0.277 e. The van der Waals surface area contributed by atoms with Crippen LogP contribution in [0.3, 0.4) is 0 Å². The molecular formula is C10H12N4OS. The second-order valence-corrected chi connectivity index (χ2v) is 4.36. The zero-order valence-electron chi connectivity index (χ0n) is 8.83. The van der Waals surface area contributed by atoms with Crippen molar-refractivity contribution in [2.45, 2.75) is 17.4 Å². The van der Waals surface area contributed by atoms with Crippen molar-refractivity contribution in [1.29, 1.82) is 0 Å². The Bertz CT molecular complexity index is 445. The van der Waals surface area contributed by atoms with Crippen molar-refractivity contribution < 1.29 is 4.42 Å². The highest BCUT2D eigenvalue weighted by molar-refractivity contribution is 7.99. The molecule has 0 fully saturated rings. The Kier molecular flexibility index (Phi) is 3.53. The van der Waals surface area contributed by atoms with Crippen LogP contribution in [0.1, 0.15) is 16.7 Å². The highest BCUT2D eigenvalue weighted by Gasteiger charge is 2.14. The number of pyridine rings is 1. The second-order valence-electron chi connectivity index (χ2n) is 3.21. The molecule has 2 heterocycles. The highest BCUT2D eigenvalue weighted by Crippen LogP contribution is 2.32. The van der Waals surface area contributed by atoms with Gasteiger partial charge < -0.3 is 10.2 Å². The minimum Gasteiger partial charge on any atom is -0.416 e. The van der Waals surface area contributed by atoms with E-state index >= 15 is 0 Å². The van der Waals surface area contributed by atoms with Crippen LogP contribution < -0.4 is 5.73 Å². The maximum atomic E-state index is 5.73. The number of nitrogens with two attached hydrogens (primary N) is 1. The minimum atomic E-state index is 0.114. The van der Waals surface area contributed by atoms with Gasteiger partial charge in [0.15, 0.2) is 0 Å². The van der Waals surface area contributed by atoms with Crippen LogP contribution >= 0.6 is 11.8 Å². The molecular weight excluding hydrogens is 224 g/mol. The van der Waals surface area contributed by atoms with E-state index in [1.165, 1.54) is 11.8 Å². The minimum absolute atomic E-state index is 0.114. The summed E-state index contributed by atoms with van der Waals surface area (Å²) in [5.74, 6) is 0.563. The van der Waals surface area contributed by atoms with E-state index < -0.39 is 0 Å². The average molecular weight is 236 g/mol. The van der Waals surface area contributed by atoms with Crippen LogP contribution in [0.4, 0.5) is 0 Å². The third-order valence-electron chi connectivity index (χ3n) is 2.04. The van der Waals surface area contributed by atoms with Gasteiger partial charge in [-0.3, -0.25) is 4.98 Å². The molecule has 0 aromatic carbocycles. The van der Waals surface area contributed by atoms with E-state index in [-0.39, 0.29) is 5.25 Å². The molecule has 1 unspecified atom stereocenters. The summed E-state index contributed by atoms with van der Waals surface area (Å²) in [6.45, 7) is 2.27. The Morgan fingerprint density at radius 2 is 2.12 bits per heavy atom. The summed E-state index contributed by atoms with van der Waals surface area (Å²) in [5.41, 5.74) is 6.84. The highest BCUT2D eigenvalue weighted by atomic mass is 32.2. The lowest BCUT2D eigenvalue weighted by atomic mass is 10.2. The number of aromatic nitrogens is 3. The summed E-state index contributed by atoms with van der Waals surface area (Å²) in [6.07, 6.45) is 3.50. The molecule has 84 valence electrons. The van der Waals surface area contributed by atoms with Crippen molar-refractivity contribution >= 4 is 11.8 Å². The predicted octanol–water partition coefficient (Wildman–Crippen LogP) is 1.57. The van der Waals surface area contributed by atoms with E-state index in [0.717, 1.165) is 5.56 Å². The fourth-order valence-corrected chi connectivity index (χ4v) is 2.17. The fourth-order valence-electron chi connectivity index (χ4n) is 1.28. The van der Waals surface area contributed by atoms with Crippen LogP contribution in [0, 0.1) is 6.92 Å². The van der Waals surface area contributed by atoms with Crippen molar-refractivity contribution in [3.8, 4) is 0 Å². The Balaban J connectivity index is 2.12. The van der Waals surface area contributed by atoms with E-state index in [2.05, 4.69) is 15.2 Å². The van der Waals surface area contributed by atoms with Crippen molar-refractivity contribution in [2.24, 2.45) is 5.73 Å². The quantitative estimate of drug-likeness (QED) is 0.812. The third kappa shape index (κ3) is 2.59. The van der Waals surface area contributed by atoms with Gasteiger partial charge in [0.2, 0.25) is 5.89 Å². The third-order valence-corrected chi connectivity index (χ3v) is 3.16. The van der Waals surface area contributed by atoms with Crippen LogP contribution in [-0.2, 0) is 0 Å². The molecule has 6 heteroatoms. The average Bonchev–Trinajstić information content (AvgIpc) is 2.73. The number of hydrogen-bond donors (Lipinski definition) is 1. The summed E-state index contributed by atoms with van der Waals surface area (Å²) >= 11 is 1.47. The number of nitrogens with zero attached hydrogens (tertiary/aromatic N) is 3. The van der Waals surface area contributed by atoms with Gasteiger partial charge >= 0.3 is 0 Å². The van der Waals surface area contributed by atoms with Gasteiger partial charge in [-0.15, -0.1) is 10.2 Å². The standard InChI is InChI=1S/C10H12N4OS/c1-7-13-14-10(15-7)16-9(6-11)8-2-4-12-5-3-8/h2-5,9H,6,11H2,1H3. The molecule has 0 bridgehead atoms. The van der Waals surface area contributed by atoms with Crippen LogP contribution in [0.5, 0.6) is 0 Å². The molecule has 0 spiro atoms. The summed E-state index contributed by atoms with van der Waals surface area (Å²) in [4.78, 5) is 3.97. The lowest BCUT2D eigenvalue weighted by Gasteiger charge is -2.11. The van der Waals surface area contributed by atoms with Gasteiger partial charge in [-0.25, -0.2) is 0 Å². The Labute approximate surface area is 97.5 Å². The van der Waals surface area contributed by atoms with Crippen LogP contribution in [0.15, 0.2) is 34.2 Å². The molecule has 0 saturated heterocycles. The zero-order valence-corrected chi connectivity index (χ0v) is 9.65. The van der Waals surface area contributed by atoms with Crippen molar-refractivity contribution in [1.82, 2.24) is 15.2 Å². The number of thioether (sulfide) groups is 1. The molecule has 0 aliphatic heterocycles. The van der Waals surface area contributed by atoms with Gasteiger partial charge in [-0.1, -0.05) is 11.8 Å². The number of hydrogen-bond acceptors (Lipinski definition) is 6. The second kappa shape index (κ2) is 5.09. The van der Waals surface area contributed by atoms with Crippen LogP contribution in [-0.4, -0.2) is 21.7 Å². The SMILES string of the molecule is Cc1nnc(SC(CN)c2ccncc2)o1. The van der Waals surface area contributed by atoms with Crippen LogP contribution in [0.2, 0.25) is 0 Å². The largest absolute Gasteiger partial charge is 0.416 e. The molecule has 1 atom stereocenters. The Hall–Kier alpha value is -1.40. The summed E-state index contributed by atoms with van der Waals surface area (Å²) in [6, 6.07) is 3.88. The van der Waals surface area contributed by atoms with E-state index in [1.54, 1.807) is 19.3 Å². The maximum absolute atomic E-state index is 5.73. The number of aryl methyl sites for hydroxylation is 1. The molecule has 2 rings (SSSR count). The monoisotopic (exact) mass is 236 g/mol. The molecule has 0 amide bonds. The summed E-state index contributed by atoms with van der Waals surface area (Å²) in [5, 5.41) is 8.37. The van der Waals surface area contributed by atoms with Gasteiger partial charge in [0, 0.05) is 25.9 Å². The first-order valence-corrected chi connectivity index (χ1v) is 5.74. The molecule has 0 radical (unpaired) electrons. The first kappa shape index (κ1) is 11.1. The topological polar surface area (TPSA) is 77.8 Å². The fraction of sp³-hybridized carbons (Fsp3) is 0.300. The van der Waals surface area contributed by atoms with Gasteiger partial charge in [-0.05, 0) is 17.7 Å². The molecule has 0 aliphatic carbocycles. The molecule has 0 aliphatic rings. The van der Waals surface area contributed by atoms with Gasteiger partial charge in [-0.2, -0.15) is 0 Å². The van der Waals surface area contributed by atoms with E-state index in [4.69, 9.17) is 10.2 Å². The normalized spacial score (nSPS) is 12.6. The first-order valence-electron chi connectivity index (χ1n) is 4.86. The number of rotatable bonds is 4. The van der Waals surface area contributed by atoms with E-state index in [1.807, 2.05) is 12.1 Å². The maximum Gasteiger partial charge on any atom is 0.277 e. The van der Waals surface area contributed by atoms with E-state index in [0.29, 0.717) is 17.7 Å². The Morgan fingerprint density at radius 3 is 2.69 bits per heavy atom. The molecule has 2 N–H and O–H groups in total. The predicted molar refractivity (Wildman–Crippen MR) is 60.9 cm³/mol. The molecule has 5 nitrogen and oxygen atoms in total. The van der Waals surface area contributed by atoms with Gasteiger partial charge in [0.1, 0.15) is 0 Å². The molecule has 2 aromatic heterocycles. The van der Waals surface area contributed by atoms with E-state index in [9.17, 15) is 0 Å². The van der Waals surface area contributed by atoms with Crippen molar-refractivity contribution in [2.75, 3.05) is 6.54 Å². The molecule has 0 saturated carbocycles. The van der Waals surface area contributed by atoms with Gasteiger partial charge in [0.05, 0.1) is 5.25 Å². The molecule has 2 aromatic rings. The van der Waals surface area contributed by atoms with Gasteiger partial charge in [0.25, 0.3) is 5.22 Å². The lowest BCUT2D eigenvalue weighted by Crippen LogP contribution is -2.09. The summed E-state index contributed by atoms with van der Waals surface area (Å²) < 4.78 is 5.31. The first-order chi connectivity index (χ1) is 7.79. The lowest BCUT2D eigenvalue weighted by molar-refractivity contribution is 0.428. The van der Waals surface area contributed by atoms with Crippen LogP contribution in [0.25, 0.3) is 0 Å². The van der Waals surface area contributed by atoms with Crippen molar-refractivity contribution in [3.63, 3.8) is 0 Å². The summed E-state index contributed by atoms with van der Waals surface area (Å²) in [7, 11) is 0. The molecule has 16 heavy (non-hydrogen) atoms. The zero-order chi connectivity index (χ0) is 11.4. The Morgan fingerprint density at radius 1 is 1.38 bits per heavy atom.